The Kier molecular flexibility index (Phi) is 9.57. The molecule has 11 nitrogen and oxygen atoms in total. The molecule has 1 saturated carbocycles. The molecule has 3 N–H and O–H groups in total. The van der Waals surface area contributed by atoms with Crippen LogP contribution in [-0.2, 0) is 22.9 Å². The zero-order valence-corrected chi connectivity index (χ0v) is 27.3. The first-order valence-electron chi connectivity index (χ1n) is 16.0. The SMILES string of the molecule is COc1cc2c(cc1Nc1ncc(C3CC3)c(Nc3ccccc3S(=O)(=O)N(C)C)n1)CCCC(N1CCN(CCO)CC1)C2. The third-order valence-electron chi connectivity index (χ3n) is 9.28. The molecule has 2 aliphatic carbocycles. The van der Waals surface area contributed by atoms with Crippen LogP contribution in [0.25, 0.3) is 0 Å². The third-order valence-corrected chi connectivity index (χ3v) is 11.2. The van der Waals surface area contributed by atoms with Gasteiger partial charge in [-0.25, -0.2) is 17.7 Å². The van der Waals surface area contributed by atoms with Crippen LogP contribution in [0.3, 0.4) is 0 Å². The maximum atomic E-state index is 13.1. The third kappa shape index (κ3) is 7.10. The largest absolute Gasteiger partial charge is 0.495 e. The summed E-state index contributed by atoms with van der Waals surface area (Å²) in [5, 5.41) is 16.0. The lowest BCUT2D eigenvalue weighted by Gasteiger charge is -2.39. The van der Waals surface area contributed by atoms with Crippen molar-refractivity contribution >= 4 is 33.2 Å². The number of β-amino-alcohol motifs (C(OH)–C–C–N with tert-alkyl or cyclic N) is 1. The number of aliphatic hydroxyl groups excluding tert-OH is 1. The minimum absolute atomic E-state index is 0.197. The highest BCUT2D eigenvalue weighted by Gasteiger charge is 2.30. The molecular formula is C33H45N7O4S. The number of benzene rings is 2. The monoisotopic (exact) mass is 635 g/mol. The number of fused-ring (bicyclic) bond motifs is 1. The first-order chi connectivity index (χ1) is 21.8. The number of rotatable bonds is 11. The van der Waals surface area contributed by atoms with E-state index < -0.39 is 10.0 Å². The molecule has 1 atom stereocenters. The zero-order valence-electron chi connectivity index (χ0n) is 26.5. The lowest BCUT2D eigenvalue weighted by molar-refractivity contribution is 0.0805. The zero-order chi connectivity index (χ0) is 31.6. The topological polar surface area (TPSA) is 123 Å². The Morgan fingerprint density at radius 1 is 1.02 bits per heavy atom. The van der Waals surface area contributed by atoms with Gasteiger partial charge in [0, 0.05) is 64.6 Å². The van der Waals surface area contributed by atoms with E-state index in [0.29, 0.717) is 29.4 Å². The molecule has 45 heavy (non-hydrogen) atoms. The van der Waals surface area contributed by atoms with Gasteiger partial charge in [-0.3, -0.25) is 9.80 Å². The molecule has 0 radical (unpaired) electrons. The van der Waals surface area contributed by atoms with E-state index >= 15 is 0 Å². The first kappa shape index (κ1) is 31.7. The highest BCUT2D eigenvalue weighted by molar-refractivity contribution is 7.89. The second kappa shape index (κ2) is 13.6. The fourth-order valence-corrected chi connectivity index (χ4v) is 7.57. The van der Waals surface area contributed by atoms with Gasteiger partial charge in [0.25, 0.3) is 0 Å². The normalized spacial score (nSPS) is 19.6. The van der Waals surface area contributed by atoms with Crippen LogP contribution in [-0.4, -0.2) is 104 Å². The van der Waals surface area contributed by atoms with Gasteiger partial charge in [-0.15, -0.1) is 0 Å². The molecule has 1 unspecified atom stereocenters. The Labute approximate surface area is 266 Å². The minimum atomic E-state index is -3.66. The number of hydrogen-bond donors (Lipinski definition) is 3. The van der Waals surface area contributed by atoms with Gasteiger partial charge in [-0.2, -0.15) is 4.98 Å². The van der Waals surface area contributed by atoms with Crippen molar-refractivity contribution < 1.29 is 18.3 Å². The fourth-order valence-electron chi connectivity index (χ4n) is 6.53. The molecular weight excluding hydrogens is 590 g/mol. The average molecular weight is 636 g/mol. The van der Waals surface area contributed by atoms with Crippen LogP contribution >= 0.6 is 0 Å². The number of ether oxygens (including phenoxy) is 1. The predicted molar refractivity (Wildman–Crippen MR) is 176 cm³/mol. The molecule has 0 amide bonds. The lowest BCUT2D eigenvalue weighted by Crippen LogP contribution is -2.51. The quantitative estimate of drug-likeness (QED) is 0.267. The number of para-hydroxylation sites is 1. The number of aryl methyl sites for hydroxylation is 1. The van der Waals surface area contributed by atoms with Crippen LogP contribution in [0.4, 0.5) is 23.1 Å². The van der Waals surface area contributed by atoms with E-state index in [1.165, 1.54) is 29.5 Å². The van der Waals surface area contributed by atoms with Crippen molar-refractivity contribution in [3.63, 3.8) is 0 Å². The summed E-state index contributed by atoms with van der Waals surface area (Å²) in [6.45, 7) is 5.05. The molecule has 1 aromatic heterocycles. The van der Waals surface area contributed by atoms with E-state index in [4.69, 9.17) is 9.72 Å². The Morgan fingerprint density at radius 2 is 1.80 bits per heavy atom. The van der Waals surface area contributed by atoms with Gasteiger partial charge in [-0.1, -0.05) is 12.1 Å². The Hall–Kier alpha value is -3.29. The number of piperazine rings is 1. The first-order valence-corrected chi connectivity index (χ1v) is 17.4. The molecule has 0 spiro atoms. The Bertz CT molecular complexity index is 1600. The molecule has 3 aliphatic rings. The van der Waals surface area contributed by atoms with Gasteiger partial charge in [0.2, 0.25) is 16.0 Å². The number of hydrogen-bond acceptors (Lipinski definition) is 10. The van der Waals surface area contributed by atoms with Gasteiger partial charge in [0.1, 0.15) is 16.5 Å². The molecule has 242 valence electrons. The average Bonchev–Trinajstić information content (AvgIpc) is 3.89. The fraction of sp³-hybridized carbons (Fsp3) is 0.515. The number of methoxy groups -OCH3 is 1. The van der Waals surface area contributed by atoms with Crippen LogP contribution in [0.2, 0.25) is 0 Å². The number of anilines is 4. The molecule has 1 saturated heterocycles. The summed E-state index contributed by atoms with van der Waals surface area (Å²) in [4.78, 5) is 14.7. The summed E-state index contributed by atoms with van der Waals surface area (Å²) < 4.78 is 33.2. The van der Waals surface area contributed by atoms with Gasteiger partial charge >= 0.3 is 0 Å². The summed E-state index contributed by atoms with van der Waals surface area (Å²) in [5.41, 5.74) is 4.91. The van der Waals surface area contributed by atoms with Crippen molar-refractivity contribution in [2.45, 2.75) is 55.4 Å². The van der Waals surface area contributed by atoms with Gasteiger partial charge in [0.05, 0.1) is 25.1 Å². The van der Waals surface area contributed by atoms with Crippen LogP contribution in [0.1, 0.15) is 48.3 Å². The molecule has 6 rings (SSSR count). The minimum Gasteiger partial charge on any atom is -0.495 e. The maximum absolute atomic E-state index is 13.1. The smallest absolute Gasteiger partial charge is 0.244 e. The van der Waals surface area contributed by atoms with Crippen molar-refractivity contribution in [1.29, 1.82) is 0 Å². The van der Waals surface area contributed by atoms with Crippen LogP contribution in [0.5, 0.6) is 5.75 Å². The lowest BCUT2D eigenvalue weighted by atomic mass is 9.99. The molecule has 3 aromatic rings. The van der Waals surface area contributed by atoms with Crippen molar-refractivity contribution in [3.8, 4) is 5.75 Å². The van der Waals surface area contributed by atoms with Crippen LogP contribution in [0.15, 0.2) is 47.5 Å². The Morgan fingerprint density at radius 3 is 2.51 bits per heavy atom. The molecule has 2 fully saturated rings. The maximum Gasteiger partial charge on any atom is 0.244 e. The highest BCUT2D eigenvalue weighted by Crippen LogP contribution is 2.44. The summed E-state index contributed by atoms with van der Waals surface area (Å²) in [6, 6.07) is 11.8. The van der Waals surface area contributed by atoms with Gasteiger partial charge in [0.15, 0.2) is 0 Å². The van der Waals surface area contributed by atoms with Crippen molar-refractivity contribution in [2.75, 3.05) is 71.2 Å². The van der Waals surface area contributed by atoms with Crippen molar-refractivity contribution in [3.05, 3.63) is 59.3 Å². The highest BCUT2D eigenvalue weighted by atomic mass is 32.2. The molecule has 1 aliphatic heterocycles. The predicted octanol–water partition coefficient (Wildman–Crippen LogP) is 3.96. The number of nitrogens with one attached hydrogen (secondary N) is 2. The standard InChI is InChI=1S/C33H45N7O4S/c1-38(2)45(42,43)31-10-5-4-9-28(31)35-32-27(23-11-12-23)22-34-33(37-32)36-29-20-24-7-6-8-26(19-25(24)21-30(29)44-3)40-15-13-39(14-16-40)17-18-41/h4-5,9-10,20-23,26,41H,6-8,11-19H2,1-3H3,(H2,34,35,36,37). The molecule has 0 bridgehead atoms. The number of nitrogens with zero attached hydrogens (tertiary/aromatic N) is 5. The number of aromatic nitrogens is 2. The Balaban J connectivity index is 1.24. The summed E-state index contributed by atoms with van der Waals surface area (Å²) in [7, 11) is 1.09. The van der Waals surface area contributed by atoms with E-state index in [2.05, 4.69) is 37.6 Å². The second-order valence-corrected chi connectivity index (χ2v) is 14.6. The van der Waals surface area contributed by atoms with Crippen LogP contribution in [0, 0.1) is 0 Å². The number of aliphatic hydroxyl groups is 1. The van der Waals surface area contributed by atoms with Gasteiger partial charge in [-0.05, 0) is 79.8 Å². The van der Waals surface area contributed by atoms with Crippen molar-refractivity contribution in [2.24, 2.45) is 0 Å². The second-order valence-electron chi connectivity index (χ2n) is 12.5. The summed E-state index contributed by atoms with van der Waals surface area (Å²) >= 11 is 0. The number of sulfonamides is 1. The van der Waals surface area contributed by atoms with E-state index in [-0.39, 0.29) is 11.5 Å². The van der Waals surface area contributed by atoms with Gasteiger partial charge < -0.3 is 20.5 Å². The van der Waals surface area contributed by atoms with Crippen LogP contribution < -0.4 is 15.4 Å². The molecule has 2 heterocycles. The summed E-state index contributed by atoms with van der Waals surface area (Å²) in [6.07, 6.45) is 8.23. The summed E-state index contributed by atoms with van der Waals surface area (Å²) in [5.74, 6) is 2.12. The van der Waals surface area contributed by atoms with E-state index in [1.54, 1.807) is 25.3 Å². The van der Waals surface area contributed by atoms with Crippen molar-refractivity contribution in [1.82, 2.24) is 24.1 Å². The van der Waals surface area contributed by atoms with E-state index in [1.807, 2.05) is 12.3 Å². The van der Waals surface area contributed by atoms with E-state index in [0.717, 1.165) is 88.2 Å². The van der Waals surface area contributed by atoms with E-state index in [9.17, 15) is 13.5 Å². The molecule has 2 aromatic carbocycles. The molecule has 12 heteroatoms.